The number of esters is 2. The number of hydrogen-bond acceptors (Lipinski definition) is 5. The van der Waals surface area contributed by atoms with Gasteiger partial charge in [-0.05, 0) is 23.7 Å². The van der Waals surface area contributed by atoms with Crippen molar-refractivity contribution in [1.29, 1.82) is 0 Å². The highest BCUT2D eigenvalue weighted by atomic mass is 16.7. The van der Waals surface area contributed by atoms with Gasteiger partial charge in [0, 0.05) is 20.1 Å². The summed E-state index contributed by atoms with van der Waals surface area (Å²) in [6, 6.07) is 0. The Kier molecular flexibility index (Phi) is 2.24. The maximum Gasteiger partial charge on any atom is 0.318 e. The fraction of sp³-hybridized carbons (Fsp3) is 0.714. The van der Waals surface area contributed by atoms with Crippen LogP contribution in [0.15, 0.2) is 12.2 Å². The first-order valence-corrected chi connectivity index (χ1v) is 6.68. The van der Waals surface area contributed by atoms with Crippen molar-refractivity contribution in [2.75, 3.05) is 14.2 Å². The summed E-state index contributed by atoms with van der Waals surface area (Å²) in [6.45, 7) is 0. The number of cyclic esters (lactones) is 2. The maximum atomic E-state index is 11.8. The van der Waals surface area contributed by atoms with Crippen LogP contribution in [0, 0.1) is 41.4 Å². The molecule has 5 aliphatic rings. The molecule has 6 unspecified atom stereocenters. The van der Waals surface area contributed by atoms with E-state index < -0.39 is 0 Å². The van der Waals surface area contributed by atoms with Crippen LogP contribution in [0.2, 0.25) is 0 Å². The molecule has 19 heavy (non-hydrogen) atoms. The maximum absolute atomic E-state index is 11.8. The van der Waals surface area contributed by atoms with Crippen molar-refractivity contribution >= 4 is 11.9 Å². The van der Waals surface area contributed by atoms with E-state index in [9.17, 15) is 9.59 Å². The number of hydrogen-bond donors (Lipinski definition) is 0. The van der Waals surface area contributed by atoms with Crippen molar-refractivity contribution in [3.8, 4) is 0 Å². The SMILES string of the molecule is COC(OC)C1C2C3C=CC(C4C(=O)OC(=O)C34)C12. The third-order valence-corrected chi connectivity index (χ3v) is 5.38. The van der Waals surface area contributed by atoms with E-state index in [0.29, 0.717) is 11.8 Å². The number of methoxy groups -OCH3 is 2. The Morgan fingerprint density at radius 1 is 1.00 bits per heavy atom. The lowest BCUT2D eigenvalue weighted by atomic mass is 9.63. The van der Waals surface area contributed by atoms with Crippen molar-refractivity contribution in [1.82, 2.24) is 0 Å². The quantitative estimate of drug-likeness (QED) is 0.323. The van der Waals surface area contributed by atoms with Crippen LogP contribution in [0.5, 0.6) is 0 Å². The number of allylic oxidation sites excluding steroid dienone is 2. The van der Waals surface area contributed by atoms with Crippen LogP contribution in [0.1, 0.15) is 0 Å². The average molecular weight is 264 g/mol. The van der Waals surface area contributed by atoms with Gasteiger partial charge in [-0.15, -0.1) is 0 Å². The fourth-order valence-electron chi connectivity index (χ4n) is 4.74. The zero-order chi connectivity index (χ0) is 13.3. The molecular formula is C14H16O5. The van der Waals surface area contributed by atoms with Crippen molar-refractivity contribution in [3.63, 3.8) is 0 Å². The molecule has 0 N–H and O–H groups in total. The van der Waals surface area contributed by atoms with E-state index in [-0.39, 0.29) is 47.8 Å². The van der Waals surface area contributed by atoms with Crippen molar-refractivity contribution < 1.29 is 23.8 Å². The highest BCUT2D eigenvalue weighted by molar-refractivity contribution is 5.97. The van der Waals surface area contributed by atoms with E-state index >= 15 is 0 Å². The van der Waals surface area contributed by atoms with Crippen molar-refractivity contribution in [2.24, 2.45) is 41.4 Å². The first-order chi connectivity index (χ1) is 9.19. The van der Waals surface area contributed by atoms with Crippen LogP contribution in [-0.2, 0) is 23.8 Å². The first kappa shape index (κ1) is 11.6. The lowest BCUT2D eigenvalue weighted by molar-refractivity contribution is -0.154. The molecular weight excluding hydrogens is 248 g/mol. The highest BCUT2D eigenvalue weighted by Crippen LogP contribution is 2.69. The topological polar surface area (TPSA) is 61.8 Å². The van der Waals surface area contributed by atoms with Crippen LogP contribution in [0.4, 0.5) is 0 Å². The summed E-state index contributed by atoms with van der Waals surface area (Å²) in [6.07, 6.45) is 3.94. The molecule has 3 fully saturated rings. The van der Waals surface area contributed by atoms with Gasteiger partial charge >= 0.3 is 11.9 Å². The normalized spacial score (nSPS) is 49.3. The van der Waals surface area contributed by atoms with Crippen molar-refractivity contribution in [2.45, 2.75) is 6.29 Å². The largest absolute Gasteiger partial charge is 0.393 e. The Morgan fingerprint density at radius 2 is 1.47 bits per heavy atom. The Labute approximate surface area is 110 Å². The molecule has 1 heterocycles. The standard InChI is InChI=1S/C14H16O5/c1-17-14(18-2)11-7-5-3-4-6(8(7)11)10-9(5)12(15)19-13(10)16/h3-11,14H,1-2H3. The zero-order valence-corrected chi connectivity index (χ0v) is 10.8. The van der Waals surface area contributed by atoms with Gasteiger partial charge in [0.25, 0.3) is 0 Å². The molecule has 0 spiro atoms. The molecule has 0 aromatic rings. The van der Waals surface area contributed by atoms with Crippen LogP contribution >= 0.6 is 0 Å². The monoisotopic (exact) mass is 264 g/mol. The van der Waals surface area contributed by atoms with Gasteiger partial charge in [0.2, 0.25) is 0 Å². The minimum atomic E-state index is -0.343. The van der Waals surface area contributed by atoms with Crippen LogP contribution in [-0.4, -0.2) is 32.4 Å². The molecule has 4 aliphatic carbocycles. The Bertz CT molecular complexity index is 444. The van der Waals surface area contributed by atoms with Crippen LogP contribution in [0.25, 0.3) is 0 Å². The van der Waals surface area contributed by atoms with Gasteiger partial charge in [0.1, 0.15) is 0 Å². The van der Waals surface area contributed by atoms with Gasteiger partial charge < -0.3 is 14.2 Å². The smallest absolute Gasteiger partial charge is 0.318 e. The van der Waals surface area contributed by atoms with E-state index in [1.807, 2.05) is 0 Å². The second kappa shape index (κ2) is 3.67. The molecule has 102 valence electrons. The summed E-state index contributed by atoms with van der Waals surface area (Å²) in [5.41, 5.74) is 0. The van der Waals surface area contributed by atoms with E-state index in [0.717, 1.165) is 0 Å². The van der Waals surface area contributed by atoms with E-state index in [2.05, 4.69) is 12.2 Å². The predicted molar refractivity (Wildman–Crippen MR) is 62.5 cm³/mol. The molecule has 2 saturated carbocycles. The number of carbonyl (C=O) groups excluding carboxylic acids is 2. The molecule has 1 aliphatic heterocycles. The number of carbonyl (C=O) groups is 2. The Morgan fingerprint density at radius 3 is 1.89 bits per heavy atom. The van der Waals surface area contributed by atoms with Gasteiger partial charge in [-0.1, -0.05) is 12.2 Å². The highest BCUT2D eigenvalue weighted by Gasteiger charge is 2.72. The summed E-state index contributed by atoms with van der Waals surface area (Å²) >= 11 is 0. The van der Waals surface area contributed by atoms with Gasteiger partial charge in [-0.2, -0.15) is 0 Å². The van der Waals surface area contributed by atoms with Gasteiger partial charge in [0.05, 0.1) is 11.8 Å². The molecule has 5 rings (SSSR count). The molecule has 0 aromatic carbocycles. The fourth-order valence-corrected chi connectivity index (χ4v) is 4.74. The summed E-state index contributed by atoms with van der Waals surface area (Å²) in [5, 5.41) is 0. The number of ether oxygens (including phenoxy) is 3. The van der Waals surface area contributed by atoms with E-state index in [4.69, 9.17) is 14.2 Å². The lowest BCUT2D eigenvalue weighted by Gasteiger charge is -2.36. The summed E-state index contributed by atoms with van der Waals surface area (Å²) in [7, 11) is 3.27. The Balaban J connectivity index is 1.68. The summed E-state index contributed by atoms with van der Waals surface area (Å²) < 4.78 is 15.6. The molecule has 5 heteroatoms. The first-order valence-electron chi connectivity index (χ1n) is 6.68. The summed E-state index contributed by atoms with van der Waals surface area (Å²) in [5.74, 6) is 0.0415. The molecule has 6 atom stereocenters. The second-order valence-electron chi connectivity index (χ2n) is 5.90. The molecule has 2 bridgehead atoms. The minimum Gasteiger partial charge on any atom is -0.393 e. The van der Waals surface area contributed by atoms with Gasteiger partial charge in [0.15, 0.2) is 6.29 Å². The molecule has 0 aromatic heterocycles. The third kappa shape index (κ3) is 1.27. The van der Waals surface area contributed by atoms with Gasteiger partial charge in [-0.3, -0.25) is 9.59 Å². The minimum absolute atomic E-state index is 0.108. The molecule has 1 saturated heterocycles. The lowest BCUT2D eigenvalue weighted by Crippen LogP contribution is -2.40. The predicted octanol–water partition coefficient (Wildman–Crippen LogP) is 0.599. The van der Waals surface area contributed by atoms with Gasteiger partial charge in [-0.25, -0.2) is 0 Å². The van der Waals surface area contributed by atoms with Crippen LogP contribution in [0.3, 0.4) is 0 Å². The summed E-state index contributed by atoms with van der Waals surface area (Å²) in [4.78, 5) is 23.7. The molecule has 5 nitrogen and oxygen atoms in total. The Hall–Kier alpha value is -1.20. The average Bonchev–Trinajstić information content (AvgIpc) is 3.09. The van der Waals surface area contributed by atoms with Crippen molar-refractivity contribution in [3.05, 3.63) is 12.2 Å². The molecule has 0 radical (unpaired) electrons. The zero-order valence-electron chi connectivity index (χ0n) is 10.8. The third-order valence-electron chi connectivity index (χ3n) is 5.38. The van der Waals surface area contributed by atoms with E-state index in [1.165, 1.54) is 0 Å². The van der Waals surface area contributed by atoms with Crippen LogP contribution < -0.4 is 0 Å². The number of rotatable bonds is 3. The van der Waals surface area contributed by atoms with E-state index in [1.54, 1.807) is 14.2 Å². The second-order valence-corrected chi connectivity index (χ2v) is 5.90. The molecule has 0 amide bonds.